The first kappa shape index (κ1) is 14.2. The van der Waals surface area contributed by atoms with Crippen LogP contribution in [0.15, 0.2) is 54.2 Å². The van der Waals surface area contributed by atoms with E-state index < -0.39 is 5.78 Å². The number of thiophene rings is 1. The molecule has 0 radical (unpaired) electrons. The number of allylic oxidation sites excluding steroid dienone is 1. The molecule has 0 spiro atoms. The molecule has 2 aromatic heterocycles. The number of ketones is 1. The minimum atomic E-state index is -0.410. The number of nitrogens with one attached hydrogen (secondary N) is 1. The minimum absolute atomic E-state index is 0.0615. The Bertz CT molecular complexity index is 792. The molecule has 3 rings (SSSR count). The summed E-state index contributed by atoms with van der Waals surface area (Å²) in [6.45, 7) is 0. The molecule has 110 valence electrons. The summed E-state index contributed by atoms with van der Waals surface area (Å²) < 4.78 is 0. The molecule has 22 heavy (non-hydrogen) atoms. The van der Waals surface area contributed by atoms with Crippen molar-refractivity contribution in [2.24, 2.45) is 0 Å². The molecule has 0 atom stereocenters. The summed E-state index contributed by atoms with van der Waals surface area (Å²) in [5.41, 5.74) is 1.82. The number of aliphatic hydroxyl groups is 1. The van der Waals surface area contributed by atoms with E-state index in [9.17, 15) is 9.90 Å². The van der Waals surface area contributed by atoms with Gasteiger partial charge in [-0.15, -0.1) is 11.3 Å². The Balaban J connectivity index is 1.83. The number of H-pyrrole nitrogens is 1. The average Bonchev–Trinajstić information content (AvgIpc) is 3.19. The van der Waals surface area contributed by atoms with E-state index in [1.165, 1.54) is 6.33 Å². The largest absolute Gasteiger partial charge is 0.507 e. The van der Waals surface area contributed by atoms with Gasteiger partial charge in [-0.1, -0.05) is 30.3 Å². The molecule has 3 aromatic rings. The predicted octanol–water partition coefficient (Wildman–Crippen LogP) is 3.24. The zero-order chi connectivity index (χ0) is 15.4. The molecule has 0 aliphatic rings. The van der Waals surface area contributed by atoms with Gasteiger partial charge in [-0.2, -0.15) is 5.10 Å². The molecule has 2 N–H and O–H groups in total. The van der Waals surface area contributed by atoms with Gasteiger partial charge in [-0.25, -0.2) is 4.98 Å². The van der Waals surface area contributed by atoms with Crippen LogP contribution >= 0.6 is 11.3 Å². The third-order valence-electron chi connectivity index (χ3n) is 3.15. The van der Waals surface area contributed by atoms with Crippen molar-refractivity contribution >= 4 is 22.9 Å². The quantitative estimate of drug-likeness (QED) is 0.431. The zero-order valence-electron chi connectivity index (χ0n) is 11.6. The van der Waals surface area contributed by atoms with Crippen LogP contribution in [-0.4, -0.2) is 26.1 Å². The topological polar surface area (TPSA) is 78.9 Å². The number of aromatic amines is 1. The van der Waals surface area contributed by atoms with Crippen molar-refractivity contribution in [2.45, 2.75) is 6.42 Å². The second-order valence-corrected chi connectivity index (χ2v) is 5.65. The van der Waals surface area contributed by atoms with Crippen LogP contribution in [0.4, 0.5) is 0 Å². The lowest BCUT2D eigenvalue weighted by atomic mass is 10.1. The van der Waals surface area contributed by atoms with Crippen LogP contribution < -0.4 is 0 Å². The summed E-state index contributed by atoms with van der Waals surface area (Å²) >= 11 is 1.55. The molecule has 0 aliphatic heterocycles. The smallest absolute Gasteiger partial charge is 0.226 e. The van der Waals surface area contributed by atoms with Gasteiger partial charge in [-0.3, -0.25) is 9.89 Å². The molecule has 5 nitrogen and oxygen atoms in total. The van der Waals surface area contributed by atoms with E-state index in [1.54, 1.807) is 11.3 Å². The third kappa shape index (κ3) is 3.12. The summed E-state index contributed by atoms with van der Waals surface area (Å²) in [6, 6.07) is 11.8. The number of rotatable bonds is 5. The first-order valence-corrected chi connectivity index (χ1v) is 7.53. The monoisotopic (exact) mass is 311 g/mol. The normalized spacial score (nSPS) is 11.5. The number of hydrogen-bond acceptors (Lipinski definition) is 5. The second-order valence-electron chi connectivity index (χ2n) is 4.65. The van der Waals surface area contributed by atoms with E-state index >= 15 is 0 Å². The minimum Gasteiger partial charge on any atom is -0.507 e. The number of aliphatic hydroxyl groups excluding tert-OH is 1. The zero-order valence-corrected chi connectivity index (χ0v) is 12.4. The van der Waals surface area contributed by atoms with Gasteiger partial charge >= 0.3 is 0 Å². The van der Waals surface area contributed by atoms with E-state index in [0.29, 0.717) is 12.0 Å². The van der Waals surface area contributed by atoms with Crippen molar-refractivity contribution in [3.8, 4) is 0 Å². The molecular formula is C16H13N3O2S. The fraction of sp³-hybridized carbons (Fsp3) is 0.0625. The van der Waals surface area contributed by atoms with Gasteiger partial charge in [0.15, 0.2) is 5.82 Å². The number of hydrogen-bond donors (Lipinski definition) is 2. The number of carbonyl (C=O) groups excluding carboxylic acids is 1. The number of carbonyl (C=O) groups is 1. The van der Waals surface area contributed by atoms with E-state index in [4.69, 9.17) is 0 Å². The lowest BCUT2D eigenvalue weighted by Crippen LogP contribution is -2.00. The standard InChI is InChI=1S/C16H13N3O2S/c20-13(9-14(21)16-17-10-18-19-16)12-6-7-22-15(12)8-11-4-2-1-3-5-11/h1-7,9-10,20H,8H2,(H,17,18,19). The van der Waals surface area contributed by atoms with Gasteiger partial charge in [0.25, 0.3) is 0 Å². The molecule has 0 aliphatic carbocycles. The molecule has 0 saturated heterocycles. The van der Waals surface area contributed by atoms with Crippen LogP contribution in [0.1, 0.15) is 26.6 Å². The van der Waals surface area contributed by atoms with Crippen molar-refractivity contribution in [2.75, 3.05) is 0 Å². The highest BCUT2D eigenvalue weighted by molar-refractivity contribution is 7.10. The Morgan fingerprint density at radius 3 is 2.82 bits per heavy atom. The van der Waals surface area contributed by atoms with Crippen molar-refractivity contribution in [1.82, 2.24) is 15.2 Å². The van der Waals surface area contributed by atoms with Gasteiger partial charge in [0.2, 0.25) is 5.78 Å². The summed E-state index contributed by atoms with van der Waals surface area (Å²) in [7, 11) is 0. The molecule has 0 fully saturated rings. The van der Waals surface area contributed by atoms with Crippen LogP contribution in [0.5, 0.6) is 0 Å². The molecular weight excluding hydrogens is 298 g/mol. The van der Waals surface area contributed by atoms with Crippen LogP contribution in [0, 0.1) is 0 Å². The number of nitrogens with zero attached hydrogens (tertiary/aromatic N) is 2. The highest BCUT2D eigenvalue weighted by atomic mass is 32.1. The van der Waals surface area contributed by atoms with Gasteiger partial charge < -0.3 is 5.11 Å². The highest BCUT2D eigenvalue weighted by Crippen LogP contribution is 2.25. The van der Waals surface area contributed by atoms with E-state index in [-0.39, 0.29) is 11.6 Å². The van der Waals surface area contributed by atoms with E-state index in [0.717, 1.165) is 16.5 Å². The Kier molecular flexibility index (Phi) is 4.11. The fourth-order valence-electron chi connectivity index (χ4n) is 2.08. The number of aromatic nitrogens is 3. The molecule has 1 aromatic carbocycles. The molecule has 0 amide bonds. The maximum atomic E-state index is 11.9. The maximum absolute atomic E-state index is 11.9. The summed E-state index contributed by atoms with van der Waals surface area (Å²) in [4.78, 5) is 16.7. The number of benzene rings is 1. The molecule has 0 saturated carbocycles. The van der Waals surface area contributed by atoms with Crippen molar-refractivity contribution in [1.29, 1.82) is 0 Å². The first-order valence-electron chi connectivity index (χ1n) is 6.65. The molecule has 2 heterocycles. The molecule has 6 heteroatoms. The predicted molar refractivity (Wildman–Crippen MR) is 84.9 cm³/mol. The molecule has 0 bridgehead atoms. The van der Waals surface area contributed by atoms with Gasteiger partial charge in [0.05, 0.1) is 0 Å². The summed E-state index contributed by atoms with van der Waals surface area (Å²) in [6.07, 6.45) is 3.13. The third-order valence-corrected chi connectivity index (χ3v) is 4.07. The van der Waals surface area contributed by atoms with Crippen LogP contribution in [0.2, 0.25) is 0 Å². The lowest BCUT2D eigenvalue weighted by molar-refractivity contribution is 0.103. The van der Waals surface area contributed by atoms with Gasteiger partial charge in [0.1, 0.15) is 12.1 Å². The Morgan fingerprint density at radius 2 is 2.09 bits per heavy atom. The first-order chi connectivity index (χ1) is 10.7. The van der Waals surface area contributed by atoms with Crippen LogP contribution in [0.25, 0.3) is 5.76 Å². The van der Waals surface area contributed by atoms with Crippen LogP contribution in [0.3, 0.4) is 0 Å². The average molecular weight is 311 g/mol. The SMILES string of the molecule is O=C(C=C(O)c1ccsc1Cc1ccccc1)c1ncn[nH]1. The van der Waals surface area contributed by atoms with E-state index in [1.807, 2.05) is 41.8 Å². The molecule has 0 unspecified atom stereocenters. The second kappa shape index (κ2) is 6.36. The Hall–Kier alpha value is -2.73. The van der Waals surface area contributed by atoms with Crippen LogP contribution in [-0.2, 0) is 6.42 Å². The van der Waals surface area contributed by atoms with Crippen molar-refractivity contribution < 1.29 is 9.90 Å². The maximum Gasteiger partial charge on any atom is 0.226 e. The Labute approximate surface area is 131 Å². The summed E-state index contributed by atoms with van der Waals surface area (Å²) in [5, 5.41) is 18.2. The van der Waals surface area contributed by atoms with Gasteiger partial charge in [0, 0.05) is 22.9 Å². The van der Waals surface area contributed by atoms with Gasteiger partial charge in [-0.05, 0) is 17.0 Å². The highest BCUT2D eigenvalue weighted by Gasteiger charge is 2.13. The van der Waals surface area contributed by atoms with Crippen molar-refractivity contribution in [3.05, 3.63) is 76.0 Å². The Morgan fingerprint density at radius 1 is 1.27 bits per heavy atom. The lowest BCUT2D eigenvalue weighted by Gasteiger charge is -2.03. The summed E-state index contributed by atoms with van der Waals surface area (Å²) in [5.74, 6) is -0.369. The fourth-order valence-corrected chi connectivity index (χ4v) is 3.00. The van der Waals surface area contributed by atoms with Crippen molar-refractivity contribution in [3.63, 3.8) is 0 Å². The van der Waals surface area contributed by atoms with E-state index in [2.05, 4.69) is 15.2 Å².